The highest BCUT2D eigenvalue weighted by Crippen LogP contribution is 2.34. The highest BCUT2D eigenvalue weighted by Gasteiger charge is 2.30. The molecule has 0 amide bonds. The van der Waals surface area contributed by atoms with Crippen LogP contribution in [0.5, 0.6) is 0 Å². The average molecular weight is 275 g/mol. The van der Waals surface area contributed by atoms with Crippen molar-refractivity contribution in [2.45, 2.75) is 24.0 Å². The van der Waals surface area contributed by atoms with Crippen molar-refractivity contribution in [1.82, 2.24) is 25.5 Å². The fraction of sp³-hybridized carbons (Fsp3) is 0.462. The van der Waals surface area contributed by atoms with Crippen molar-refractivity contribution in [3.05, 3.63) is 30.3 Å². The zero-order valence-electron chi connectivity index (χ0n) is 10.9. The molecule has 19 heavy (non-hydrogen) atoms. The van der Waals surface area contributed by atoms with E-state index in [9.17, 15) is 0 Å². The quantitative estimate of drug-likeness (QED) is 0.814. The van der Waals surface area contributed by atoms with Crippen LogP contribution in [0.2, 0.25) is 0 Å². The van der Waals surface area contributed by atoms with Gasteiger partial charge in [0.2, 0.25) is 5.16 Å². The first kappa shape index (κ1) is 12.6. The number of hydrogen-bond acceptors (Lipinski definition) is 5. The molecule has 1 N–H and O–H groups in total. The van der Waals surface area contributed by atoms with Gasteiger partial charge in [-0.1, -0.05) is 30.0 Å². The molecular formula is C13H17N5S. The summed E-state index contributed by atoms with van der Waals surface area (Å²) in [6, 6.07) is 10.6. The maximum absolute atomic E-state index is 4.12. The number of thioether (sulfide) groups is 1. The van der Waals surface area contributed by atoms with Gasteiger partial charge in [0.05, 0.1) is 5.69 Å². The third-order valence-electron chi connectivity index (χ3n) is 3.40. The van der Waals surface area contributed by atoms with E-state index in [1.165, 1.54) is 12.8 Å². The van der Waals surface area contributed by atoms with Gasteiger partial charge in [-0.15, -0.1) is 5.10 Å². The van der Waals surface area contributed by atoms with E-state index in [1.54, 1.807) is 16.4 Å². The molecule has 1 unspecified atom stereocenters. The van der Waals surface area contributed by atoms with E-state index < -0.39 is 0 Å². The molecule has 1 heterocycles. The Kier molecular flexibility index (Phi) is 3.79. The first-order valence-electron chi connectivity index (χ1n) is 6.52. The van der Waals surface area contributed by atoms with Crippen molar-refractivity contribution in [1.29, 1.82) is 0 Å². The van der Waals surface area contributed by atoms with Gasteiger partial charge in [0, 0.05) is 11.8 Å². The molecule has 0 saturated heterocycles. The molecule has 2 aromatic rings. The SMILES string of the molecule is CNC(CSc1nnnn1-c1ccccc1)C1CC1. The number of aromatic nitrogens is 4. The fourth-order valence-electron chi connectivity index (χ4n) is 2.12. The standard InChI is InChI=1S/C13H17N5S/c1-14-12(10-7-8-10)9-19-13-15-16-17-18(13)11-5-3-2-4-6-11/h2-6,10,12,14H,7-9H2,1H3. The summed E-state index contributed by atoms with van der Waals surface area (Å²) in [5.74, 6) is 1.84. The third-order valence-corrected chi connectivity index (χ3v) is 4.43. The lowest BCUT2D eigenvalue weighted by molar-refractivity contribution is 0.553. The number of nitrogens with one attached hydrogen (secondary N) is 1. The van der Waals surface area contributed by atoms with Crippen LogP contribution >= 0.6 is 11.8 Å². The predicted octanol–water partition coefficient (Wildman–Crippen LogP) is 1.75. The summed E-state index contributed by atoms with van der Waals surface area (Å²) in [6.45, 7) is 0. The molecule has 1 aliphatic rings. The second-order valence-electron chi connectivity index (χ2n) is 4.75. The lowest BCUT2D eigenvalue weighted by Gasteiger charge is -2.13. The monoisotopic (exact) mass is 275 g/mol. The second kappa shape index (κ2) is 5.71. The topological polar surface area (TPSA) is 55.6 Å². The van der Waals surface area contributed by atoms with Crippen LogP contribution in [0.15, 0.2) is 35.5 Å². The molecule has 100 valence electrons. The number of hydrogen-bond donors (Lipinski definition) is 1. The molecule has 1 aromatic carbocycles. The first-order chi connectivity index (χ1) is 9.38. The Balaban J connectivity index is 1.70. The molecule has 6 heteroatoms. The molecule has 0 aliphatic heterocycles. The van der Waals surface area contributed by atoms with Gasteiger partial charge in [0.1, 0.15) is 0 Å². The van der Waals surface area contributed by atoms with Crippen LogP contribution in [0.1, 0.15) is 12.8 Å². The smallest absolute Gasteiger partial charge is 0.214 e. The summed E-state index contributed by atoms with van der Waals surface area (Å²) in [6.07, 6.45) is 2.69. The predicted molar refractivity (Wildman–Crippen MR) is 75.4 cm³/mol. The van der Waals surface area contributed by atoms with Crippen molar-refractivity contribution < 1.29 is 0 Å². The Labute approximate surface area is 116 Å². The van der Waals surface area contributed by atoms with E-state index in [1.807, 2.05) is 37.4 Å². The summed E-state index contributed by atoms with van der Waals surface area (Å²) >= 11 is 1.71. The molecule has 1 saturated carbocycles. The molecule has 0 radical (unpaired) electrons. The van der Waals surface area contributed by atoms with E-state index in [0.717, 1.165) is 22.5 Å². The number of tetrazole rings is 1. The Bertz CT molecular complexity index is 523. The maximum Gasteiger partial charge on any atom is 0.214 e. The van der Waals surface area contributed by atoms with E-state index >= 15 is 0 Å². The second-order valence-corrected chi connectivity index (χ2v) is 5.74. The molecule has 1 aliphatic carbocycles. The van der Waals surface area contributed by atoms with Gasteiger partial charge in [-0.3, -0.25) is 0 Å². The molecule has 3 rings (SSSR count). The van der Waals surface area contributed by atoms with Crippen molar-refractivity contribution in [3.63, 3.8) is 0 Å². The average Bonchev–Trinajstić information content (AvgIpc) is 3.18. The van der Waals surface area contributed by atoms with E-state index in [4.69, 9.17) is 0 Å². The Hall–Kier alpha value is -1.40. The van der Waals surface area contributed by atoms with Gasteiger partial charge in [0.15, 0.2) is 0 Å². The van der Waals surface area contributed by atoms with E-state index in [-0.39, 0.29) is 0 Å². The Morgan fingerprint density at radius 1 is 1.37 bits per heavy atom. The lowest BCUT2D eigenvalue weighted by atomic mass is 10.2. The molecule has 1 fully saturated rings. The fourth-order valence-corrected chi connectivity index (χ4v) is 3.24. The zero-order valence-corrected chi connectivity index (χ0v) is 11.7. The van der Waals surface area contributed by atoms with Gasteiger partial charge in [0.25, 0.3) is 0 Å². The minimum atomic E-state index is 0.561. The highest BCUT2D eigenvalue weighted by atomic mass is 32.2. The minimum Gasteiger partial charge on any atom is -0.316 e. The largest absolute Gasteiger partial charge is 0.316 e. The van der Waals surface area contributed by atoms with Crippen molar-refractivity contribution in [3.8, 4) is 5.69 Å². The van der Waals surface area contributed by atoms with E-state index in [2.05, 4.69) is 20.8 Å². The lowest BCUT2D eigenvalue weighted by Crippen LogP contribution is -2.29. The third kappa shape index (κ3) is 2.96. The van der Waals surface area contributed by atoms with E-state index in [0.29, 0.717) is 6.04 Å². The highest BCUT2D eigenvalue weighted by molar-refractivity contribution is 7.99. The van der Waals surface area contributed by atoms with Crippen LogP contribution in [0.4, 0.5) is 0 Å². The normalized spacial score (nSPS) is 16.5. The van der Waals surface area contributed by atoms with Crippen molar-refractivity contribution >= 4 is 11.8 Å². The Morgan fingerprint density at radius 2 is 2.16 bits per heavy atom. The first-order valence-corrected chi connectivity index (χ1v) is 7.51. The molecule has 1 aromatic heterocycles. The summed E-state index contributed by atoms with van der Waals surface area (Å²) in [5, 5.41) is 16.2. The van der Waals surface area contributed by atoms with Gasteiger partial charge in [-0.25, -0.2) is 0 Å². The van der Waals surface area contributed by atoms with Crippen LogP contribution in [0.25, 0.3) is 5.69 Å². The van der Waals surface area contributed by atoms with Gasteiger partial charge >= 0.3 is 0 Å². The summed E-state index contributed by atoms with van der Waals surface area (Å²) < 4.78 is 1.80. The molecule has 1 atom stereocenters. The van der Waals surface area contributed by atoms with Gasteiger partial charge in [-0.05, 0) is 48.4 Å². The number of para-hydroxylation sites is 1. The maximum atomic E-state index is 4.12. The number of benzene rings is 1. The van der Waals surface area contributed by atoms with Crippen LogP contribution in [0, 0.1) is 5.92 Å². The molecule has 5 nitrogen and oxygen atoms in total. The minimum absolute atomic E-state index is 0.561. The Morgan fingerprint density at radius 3 is 2.84 bits per heavy atom. The van der Waals surface area contributed by atoms with Crippen LogP contribution in [-0.4, -0.2) is 39.0 Å². The van der Waals surface area contributed by atoms with Crippen molar-refractivity contribution in [2.24, 2.45) is 5.92 Å². The van der Waals surface area contributed by atoms with Crippen LogP contribution in [0.3, 0.4) is 0 Å². The number of nitrogens with zero attached hydrogens (tertiary/aromatic N) is 4. The van der Waals surface area contributed by atoms with Crippen LogP contribution in [-0.2, 0) is 0 Å². The molecule has 0 spiro atoms. The van der Waals surface area contributed by atoms with Crippen LogP contribution < -0.4 is 5.32 Å². The van der Waals surface area contributed by atoms with Gasteiger partial charge < -0.3 is 5.32 Å². The van der Waals surface area contributed by atoms with Crippen molar-refractivity contribution in [2.75, 3.05) is 12.8 Å². The summed E-state index contributed by atoms with van der Waals surface area (Å²) in [4.78, 5) is 0. The molecule has 0 bridgehead atoms. The number of rotatable bonds is 6. The summed E-state index contributed by atoms with van der Waals surface area (Å²) in [5.41, 5.74) is 1.00. The zero-order chi connectivity index (χ0) is 13.1. The summed E-state index contributed by atoms with van der Waals surface area (Å²) in [7, 11) is 2.03. The molecular weight excluding hydrogens is 258 g/mol. The van der Waals surface area contributed by atoms with Gasteiger partial charge in [-0.2, -0.15) is 4.68 Å².